The molecule has 0 bridgehead atoms. The first-order valence-electron chi connectivity index (χ1n) is 9.43. The summed E-state index contributed by atoms with van der Waals surface area (Å²) in [6.07, 6.45) is 0.688. The minimum Gasteiger partial charge on any atom is -0.490 e. The molecule has 5 rings (SSSR count). The Kier molecular flexibility index (Phi) is 4.33. The molecule has 0 saturated carbocycles. The number of ether oxygens (including phenoxy) is 2. The van der Waals surface area contributed by atoms with E-state index in [1.807, 2.05) is 17.0 Å². The van der Waals surface area contributed by atoms with Gasteiger partial charge in [0.15, 0.2) is 5.13 Å². The Morgan fingerprint density at radius 1 is 1.37 bits per heavy atom. The molecule has 2 aromatic heterocycles. The van der Waals surface area contributed by atoms with Crippen LogP contribution in [0.5, 0.6) is 17.4 Å². The molecule has 1 atom stereocenters. The summed E-state index contributed by atoms with van der Waals surface area (Å²) in [6.45, 7) is 4.58. The van der Waals surface area contributed by atoms with Crippen LogP contribution in [-0.2, 0) is 0 Å². The number of nitrogens with one attached hydrogen (secondary N) is 1. The van der Waals surface area contributed by atoms with Crippen LogP contribution in [-0.4, -0.2) is 44.9 Å². The second-order valence-electron chi connectivity index (χ2n) is 7.58. The number of benzene rings is 1. The van der Waals surface area contributed by atoms with Gasteiger partial charge in [0.1, 0.15) is 29.1 Å². The molecule has 4 heterocycles. The predicted molar refractivity (Wildman–Crippen MR) is 110 cm³/mol. The fourth-order valence-electron chi connectivity index (χ4n) is 3.47. The smallest absolute Gasteiger partial charge is 0.263 e. The molecule has 10 heteroatoms. The fraction of sp³-hybridized carbons (Fsp3) is 0.300. The van der Waals surface area contributed by atoms with Crippen LogP contribution in [0.25, 0.3) is 0 Å². The summed E-state index contributed by atoms with van der Waals surface area (Å²) in [6, 6.07) is 8.92. The second kappa shape index (κ2) is 6.92. The number of aromatic nitrogens is 3. The lowest BCUT2D eigenvalue weighted by atomic mass is 9.91. The third kappa shape index (κ3) is 3.14. The first-order chi connectivity index (χ1) is 14.4. The highest BCUT2D eigenvalue weighted by atomic mass is 32.1. The molecule has 0 saturated heterocycles. The average Bonchev–Trinajstić information content (AvgIpc) is 3.18. The number of hydrogen-bond donors (Lipinski definition) is 2. The monoisotopic (exact) mass is 425 g/mol. The minimum absolute atomic E-state index is 0.225. The normalized spacial score (nSPS) is 19.4. The van der Waals surface area contributed by atoms with Gasteiger partial charge in [0.2, 0.25) is 5.88 Å². The van der Waals surface area contributed by atoms with Crippen molar-refractivity contribution in [2.45, 2.75) is 25.5 Å². The molecule has 0 spiro atoms. The summed E-state index contributed by atoms with van der Waals surface area (Å²) < 4.78 is 11.6. The van der Waals surface area contributed by atoms with E-state index in [1.54, 1.807) is 38.2 Å². The molecule has 0 fully saturated rings. The summed E-state index contributed by atoms with van der Waals surface area (Å²) in [4.78, 5) is 19.5. The Bertz CT molecular complexity index is 1120. The van der Waals surface area contributed by atoms with Gasteiger partial charge >= 0.3 is 0 Å². The number of rotatable bonds is 3. The van der Waals surface area contributed by atoms with Gasteiger partial charge in [0, 0.05) is 18.3 Å². The van der Waals surface area contributed by atoms with Crippen LogP contribution in [0.2, 0.25) is 0 Å². The molecule has 2 N–H and O–H groups in total. The standard InChI is InChI=1S/C20H19N5O4S/c1-20(2)17(26)15-16(18(27)23-20)30-19(22-15)25-8-9-28-13-6-5-11(10-12(13)25)29-14-4-3-7-21-24-14/h3-7,10,17,26H,8-9H2,1-2H3,(H,23,27). The Morgan fingerprint density at radius 3 is 3.03 bits per heavy atom. The van der Waals surface area contributed by atoms with Gasteiger partial charge < -0.3 is 24.8 Å². The zero-order valence-electron chi connectivity index (χ0n) is 16.3. The van der Waals surface area contributed by atoms with Crippen LogP contribution in [0, 0.1) is 0 Å². The van der Waals surface area contributed by atoms with Gasteiger partial charge in [-0.25, -0.2) is 4.98 Å². The third-order valence-corrected chi connectivity index (χ3v) is 6.11. The molecule has 2 aliphatic heterocycles. The lowest BCUT2D eigenvalue weighted by molar-refractivity contribution is 0.0533. The number of anilines is 2. The topological polar surface area (TPSA) is 110 Å². The van der Waals surface area contributed by atoms with Gasteiger partial charge in [0.05, 0.1) is 23.5 Å². The molecular formula is C20H19N5O4S. The third-order valence-electron chi connectivity index (χ3n) is 5.02. The summed E-state index contributed by atoms with van der Waals surface area (Å²) in [7, 11) is 0. The number of carbonyl (C=O) groups is 1. The first-order valence-corrected chi connectivity index (χ1v) is 10.3. The maximum Gasteiger partial charge on any atom is 0.263 e. The number of thiazole rings is 1. The first kappa shape index (κ1) is 18.8. The molecule has 0 aliphatic carbocycles. The molecular weight excluding hydrogens is 406 g/mol. The molecule has 30 heavy (non-hydrogen) atoms. The van der Waals surface area contributed by atoms with Crippen LogP contribution in [0.4, 0.5) is 10.8 Å². The highest BCUT2D eigenvalue weighted by Crippen LogP contribution is 2.44. The highest BCUT2D eigenvalue weighted by Gasteiger charge is 2.42. The van der Waals surface area contributed by atoms with Gasteiger partial charge in [-0.3, -0.25) is 4.79 Å². The molecule has 2 aliphatic rings. The molecule has 154 valence electrons. The van der Waals surface area contributed by atoms with Crippen LogP contribution in [0.3, 0.4) is 0 Å². The Balaban J connectivity index is 1.51. The number of fused-ring (bicyclic) bond motifs is 2. The van der Waals surface area contributed by atoms with Crippen molar-refractivity contribution in [3.63, 3.8) is 0 Å². The quantitative estimate of drug-likeness (QED) is 0.659. The van der Waals surface area contributed by atoms with Crippen LogP contribution >= 0.6 is 11.3 Å². The Labute approximate surface area is 176 Å². The Morgan fingerprint density at radius 2 is 2.23 bits per heavy atom. The molecule has 9 nitrogen and oxygen atoms in total. The fourth-order valence-corrected chi connectivity index (χ4v) is 4.50. The predicted octanol–water partition coefficient (Wildman–Crippen LogP) is 2.81. The van der Waals surface area contributed by atoms with Crippen molar-refractivity contribution in [1.82, 2.24) is 20.5 Å². The maximum absolute atomic E-state index is 12.5. The van der Waals surface area contributed by atoms with Crippen molar-refractivity contribution in [2.24, 2.45) is 0 Å². The summed E-state index contributed by atoms with van der Waals surface area (Å²) >= 11 is 1.25. The van der Waals surface area contributed by atoms with Crippen LogP contribution < -0.4 is 19.7 Å². The molecule has 1 unspecified atom stereocenters. The van der Waals surface area contributed by atoms with E-state index in [-0.39, 0.29) is 5.91 Å². The Hall–Kier alpha value is -3.24. The van der Waals surface area contributed by atoms with Gasteiger partial charge in [-0.15, -0.1) is 5.10 Å². The molecule has 0 radical (unpaired) electrons. The maximum atomic E-state index is 12.5. The van der Waals surface area contributed by atoms with E-state index in [0.29, 0.717) is 46.2 Å². The molecule has 1 amide bonds. The van der Waals surface area contributed by atoms with E-state index in [2.05, 4.69) is 20.5 Å². The van der Waals surface area contributed by atoms with E-state index in [4.69, 9.17) is 9.47 Å². The number of aliphatic hydroxyl groups is 1. The largest absolute Gasteiger partial charge is 0.490 e. The van der Waals surface area contributed by atoms with Crippen molar-refractivity contribution in [1.29, 1.82) is 0 Å². The van der Waals surface area contributed by atoms with Crippen LogP contribution in [0.1, 0.15) is 35.3 Å². The van der Waals surface area contributed by atoms with E-state index in [0.717, 1.165) is 5.69 Å². The molecule has 3 aromatic rings. The van der Waals surface area contributed by atoms with Crippen molar-refractivity contribution in [3.8, 4) is 17.4 Å². The van der Waals surface area contributed by atoms with E-state index < -0.39 is 11.6 Å². The lowest BCUT2D eigenvalue weighted by Gasteiger charge is -2.34. The number of hydrogen-bond acceptors (Lipinski definition) is 9. The van der Waals surface area contributed by atoms with Gasteiger partial charge in [0.25, 0.3) is 5.91 Å². The number of carbonyl (C=O) groups excluding carboxylic acids is 1. The van der Waals surface area contributed by atoms with Gasteiger partial charge in [-0.05, 0) is 32.0 Å². The van der Waals surface area contributed by atoms with Crippen molar-refractivity contribution < 1.29 is 19.4 Å². The second-order valence-corrected chi connectivity index (χ2v) is 8.56. The van der Waals surface area contributed by atoms with E-state index in [9.17, 15) is 9.90 Å². The van der Waals surface area contributed by atoms with Crippen molar-refractivity contribution in [2.75, 3.05) is 18.1 Å². The van der Waals surface area contributed by atoms with Crippen molar-refractivity contribution in [3.05, 3.63) is 47.1 Å². The SMILES string of the molecule is CC1(C)NC(=O)c2sc(N3CCOc4ccc(Oc5cccnn5)cc43)nc2C1O. The van der Waals surface area contributed by atoms with Crippen molar-refractivity contribution >= 4 is 28.1 Å². The molecule has 1 aromatic carbocycles. The average molecular weight is 425 g/mol. The van der Waals surface area contributed by atoms with Gasteiger partial charge in [-0.2, -0.15) is 5.10 Å². The lowest BCUT2D eigenvalue weighted by Crippen LogP contribution is -2.51. The zero-order valence-corrected chi connectivity index (χ0v) is 17.1. The number of aliphatic hydroxyl groups excluding tert-OH is 1. The number of nitrogens with zero attached hydrogens (tertiary/aromatic N) is 4. The van der Waals surface area contributed by atoms with E-state index in [1.165, 1.54) is 11.3 Å². The minimum atomic E-state index is -0.887. The summed E-state index contributed by atoms with van der Waals surface area (Å²) in [5.41, 5.74) is 0.391. The zero-order chi connectivity index (χ0) is 20.9. The van der Waals surface area contributed by atoms with E-state index >= 15 is 0 Å². The van der Waals surface area contributed by atoms with Crippen LogP contribution in [0.15, 0.2) is 36.5 Å². The summed E-state index contributed by atoms with van der Waals surface area (Å²) in [5.74, 6) is 1.42. The summed E-state index contributed by atoms with van der Waals surface area (Å²) in [5, 5.41) is 21.9. The highest BCUT2D eigenvalue weighted by molar-refractivity contribution is 7.17. The number of amides is 1. The van der Waals surface area contributed by atoms with Gasteiger partial charge in [-0.1, -0.05) is 11.3 Å².